The van der Waals surface area contributed by atoms with Crippen LogP contribution in [-0.2, 0) is 22.5 Å². The van der Waals surface area contributed by atoms with Gasteiger partial charge in [0.25, 0.3) is 0 Å². The van der Waals surface area contributed by atoms with E-state index in [-0.39, 0.29) is 24.2 Å². The van der Waals surface area contributed by atoms with E-state index < -0.39 is 17.2 Å². The van der Waals surface area contributed by atoms with Crippen molar-refractivity contribution in [1.82, 2.24) is 4.90 Å². The van der Waals surface area contributed by atoms with Crippen LogP contribution in [0.1, 0.15) is 51.7 Å². The molecule has 3 atom stereocenters. The maximum atomic E-state index is 13.7. The van der Waals surface area contributed by atoms with Gasteiger partial charge in [-0.15, -0.1) is 0 Å². The highest BCUT2D eigenvalue weighted by Crippen LogP contribution is 2.30. The summed E-state index contributed by atoms with van der Waals surface area (Å²) in [6, 6.07) is 13.3. The van der Waals surface area contributed by atoms with Crippen LogP contribution in [0, 0.1) is 17.6 Å². The lowest BCUT2D eigenvalue weighted by molar-refractivity contribution is -0.0486. The molecule has 1 aliphatic rings. The third kappa shape index (κ3) is 6.76. The van der Waals surface area contributed by atoms with Crippen molar-refractivity contribution < 1.29 is 23.0 Å². The summed E-state index contributed by atoms with van der Waals surface area (Å²) < 4.78 is 39.5. The van der Waals surface area contributed by atoms with E-state index in [4.69, 9.17) is 9.47 Å². The molecule has 3 rings (SSSR count). The van der Waals surface area contributed by atoms with Crippen molar-refractivity contribution in [2.24, 2.45) is 5.92 Å². The number of benzene rings is 2. The van der Waals surface area contributed by atoms with E-state index >= 15 is 0 Å². The highest BCUT2D eigenvalue weighted by atomic mass is 19.1. The summed E-state index contributed by atoms with van der Waals surface area (Å²) in [4.78, 5) is 14.6. The van der Waals surface area contributed by atoms with Crippen LogP contribution in [0.2, 0.25) is 0 Å². The first-order valence-electron chi connectivity index (χ1n) is 11.2. The van der Waals surface area contributed by atoms with Gasteiger partial charge in [-0.3, -0.25) is 0 Å². The fourth-order valence-corrected chi connectivity index (χ4v) is 4.32. The highest BCUT2D eigenvalue weighted by Gasteiger charge is 2.39. The number of hydrogen-bond donors (Lipinski definition) is 0. The quantitative estimate of drug-likeness (QED) is 0.515. The highest BCUT2D eigenvalue weighted by molar-refractivity contribution is 5.69. The minimum atomic E-state index is -0.592. The van der Waals surface area contributed by atoms with E-state index in [9.17, 15) is 13.6 Å². The molecule has 1 amide bonds. The number of halogens is 2. The van der Waals surface area contributed by atoms with E-state index in [1.165, 1.54) is 12.1 Å². The van der Waals surface area contributed by atoms with Crippen LogP contribution in [-0.4, -0.2) is 35.3 Å². The van der Waals surface area contributed by atoms with Gasteiger partial charge in [-0.05, 0) is 69.2 Å². The van der Waals surface area contributed by atoms with Gasteiger partial charge in [0.2, 0.25) is 0 Å². The van der Waals surface area contributed by atoms with Gasteiger partial charge in [-0.25, -0.2) is 13.6 Å². The second kappa shape index (κ2) is 10.4. The Hall–Kier alpha value is -2.47. The first-order valence-corrected chi connectivity index (χ1v) is 11.2. The minimum Gasteiger partial charge on any atom is -0.444 e. The van der Waals surface area contributed by atoms with Crippen LogP contribution >= 0.6 is 0 Å². The lowest BCUT2D eigenvalue weighted by Gasteiger charge is -2.36. The Morgan fingerprint density at radius 3 is 2.38 bits per heavy atom. The van der Waals surface area contributed by atoms with Crippen LogP contribution in [0.15, 0.2) is 48.5 Å². The Labute approximate surface area is 189 Å². The number of rotatable bonds is 7. The van der Waals surface area contributed by atoms with Crippen LogP contribution in [0.5, 0.6) is 0 Å². The maximum absolute atomic E-state index is 13.7. The Morgan fingerprint density at radius 1 is 1.09 bits per heavy atom. The normalized spacial score (nSPS) is 18.4. The number of hydrogen-bond acceptors (Lipinski definition) is 3. The molecule has 4 nitrogen and oxygen atoms in total. The van der Waals surface area contributed by atoms with E-state index in [1.807, 2.05) is 58.0 Å². The van der Waals surface area contributed by atoms with E-state index in [2.05, 4.69) is 0 Å². The first-order chi connectivity index (χ1) is 15.1. The monoisotopic (exact) mass is 445 g/mol. The van der Waals surface area contributed by atoms with Crippen LogP contribution in [0.3, 0.4) is 0 Å². The zero-order valence-electron chi connectivity index (χ0n) is 19.3. The maximum Gasteiger partial charge on any atom is 0.410 e. The van der Waals surface area contributed by atoms with Crippen molar-refractivity contribution in [2.75, 3.05) is 6.54 Å². The summed E-state index contributed by atoms with van der Waals surface area (Å²) >= 11 is 0. The zero-order valence-corrected chi connectivity index (χ0v) is 19.3. The molecule has 0 N–H and O–H groups in total. The predicted molar refractivity (Wildman–Crippen MR) is 120 cm³/mol. The van der Waals surface area contributed by atoms with Crippen molar-refractivity contribution >= 4 is 6.09 Å². The summed E-state index contributed by atoms with van der Waals surface area (Å²) in [6.07, 6.45) is 1.43. The summed E-state index contributed by atoms with van der Waals surface area (Å²) in [6.45, 7) is 8.55. The summed E-state index contributed by atoms with van der Waals surface area (Å²) in [5, 5.41) is 0. The van der Waals surface area contributed by atoms with Gasteiger partial charge in [0, 0.05) is 12.6 Å². The fraction of sp³-hybridized carbons (Fsp3) is 0.500. The Kier molecular flexibility index (Phi) is 7.88. The van der Waals surface area contributed by atoms with Gasteiger partial charge in [0.05, 0.1) is 18.8 Å². The molecule has 1 fully saturated rings. The molecule has 6 heteroatoms. The first kappa shape index (κ1) is 24.2. The van der Waals surface area contributed by atoms with Crippen molar-refractivity contribution in [3.63, 3.8) is 0 Å². The Balaban J connectivity index is 1.81. The smallest absolute Gasteiger partial charge is 0.410 e. The van der Waals surface area contributed by atoms with Crippen LogP contribution < -0.4 is 0 Å². The average Bonchev–Trinajstić information content (AvgIpc) is 3.16. The Bertz CT molecular complexity index is 877. The number of carbonyl (C=O) groups is 1. The summed E-state index contributed by atoms with van der Waals surface area (Å²) in [5.41, 5.74) is 1.02. The average molecular weight is 446 g/mol. The molecule has 1 aliphatic heterocycles. The van der Waals surface area contributed by atoms with Gasteiger partial charge in [-0.1, -0.05) is 37.3 Å². The number of nitrogens with zero attached hydrogens (tertiary/aromatic N) is 1. The van der Waals surface area contributed by atoms with Crippen molar-refractivity contribution in [1.29, 1.82) is 0 Å². The molecule has 0 unspecified atom stereocenters. The van der Waals surface area contributed by atoms with Gasteiger partial charge in [0.15, 0.2) is 0 Å². The third-order valence-electron chi connectivity index (χ3n) is 5.63. The molecule has 0 aliphatic carbocycles. The SMILES string of the molecule is C[C@@H](Cc1cc(F)cc(F)c1)[C@H](OCc1ccccc1)[C@H]1CCCN1C(=O)OC(C)(C)C. The standard InChI is InChI=1S/C26H33F2NO3/c1-18(13-20-14-21(27)16-22(28)15-20)24(31-17-19-9-6-5-7-10-19)23-11-8-12-29(23)25(30)32-26(2,3)4/h5-7,9-10,14-16,18,23-24H,8,11-13,17H2,1-4H3/t18-,23+,24-/m0/s1. The number of ether oxygens (including phenoxy) is 2. The second-order valence-electron chi connectivity index (χ2n) is 9.60. The van der Waals surface area contributed by atoms with Crippen LogP contribution in [0.4, 0.5) is 13.6 Å². The second-order valence-corrected chi connectivity index (χ2v) is 9.60. The number of carbonyl (C=O) groups excluding carboxylic acids is 1. The molecule has 0 radical (unpaired) electrons. The van der Waals surface area contributed by atoms with E-state index in [0.717, 1.165) is 24.5 Å². The number of likely N-dealkylation sites (tertiary alicyclic amines) is 1. The van der Waals surface area contributed by atoms with Gasteiger partial charge in [-0.2, -0.15) is 0 Å². The molecule has 2 aromatic rings. The zero-order chi connectivity index (χ0) is 23.3. The molecular weight excluding hydrogens is 412 g/mol. The van der Waals surface area contributed by atoms with E-state index in [0.29, 0.717) is 25.1 Å². The largest absolute Gasteiger partial charge is 0.444 e. The van der Waals surface area contributed by atoms with Crippen molar-refractivity contribution in [2.45, 2.75) is 71.3 Å². The lowest BCUT2D eigenvalue weighted by atomic mass is 9.90. The summed E-state index contributed by atoms with van der Waals surface area (Å²) in [7, 11) is 0. The van der Waals surface area contributed by atoms with Crippen molar-refractivity contribution in [3.05, 3.63) is 71.3 Å². The van der Waals surface area contributed by atoms with Gasteiger partial charge >= 0.3 is 6.09 Å². The minimum absolute atomic E-state index is 0.0760. The van der Waals surface area contributed by atoms with Gasteiger partial charge < -0.3 is 14.4 Å². The number of amides is 1. The third-order valence-corrected chi connectivity index (χ3v) is 5.63. The molecule has 174 valence electrons. The molecule has 2 aromatic carbocycles. The molecule has 1 saturated heterocycles. The van der Waals surface area contributed by atoms with E-state index in [1.54, 1.807) is 4.90 Å². The molecule has 0 saturated carbocycles. The van der Waals surface area contributed by atoms with Gasteiger partial charge in [0.1, 0.15) is 17.2 Å². The Morgan fingerprint density at radius 2 is 1.75 bits per heavy atom. The molecule has 0 spiro atoms. The van der Waals surface area contributed by atoms with Crippen LogP contribution in [0.25, 0.3) is 0 Å². The molecule has 0 aromatic heterocycles. The molecule has 1 heterocycles. The lowest BCUT2D eigenvalue weighted by Crippen LogP contribution is -2.48. The predicted octanol–water partition coefficient (Wildman–Crippen LogP) is 6.13. The molecular formula is C26H33F2NO3. The fourth-order valence-electron chi connectivity index (χ4n) is 4.32. The summed E-state index contributed by atoms with van der Waals surface area (Å²) in [5.74, 6) is -1.26. The topological polar surface area (TPSA) is 38.8 Å². The molecule has 0 bridgehead atoms. The van der Waals surface area contributed by atoms with Crippen molar-refractivity contribution in [3.8, 4) is 0 Å². The molecule has 32 heavy (non-hydrogen) atoms.